The number of fused-ring (bicyclic) bond motifs is 1. The van der Waals surface area contributed by atoms with Gasteiger partial charge < -0.3 is 7.43 Å². The predicted molar refractivity (Wildman–Crippen MR) is 61.7 cm³/mol. The van der Waals surface area contributed by atoms with Crippen LogP contribution in [0.3, 0.4) is 0 Å². The minimum absolute atomic E-state index is 0. The number of hydrogen-bond acceptors (Lipinski definition) is 0. The Morgan fingerprint density at radius 3 is 1.07 bits per heavy atom. The van der Waals surface area contributed by atoms with Crippen LogP contribution in [-0.2, 0) is 32.7 Å². The summed E-state index contributed by atoms with van der Waals surface area (Å²) in [4.78, 5) is 0. The van der Waals surface area contributed by atoms with Crippen LogP contribution >= 0.6 is 0 Å². The minimum Gasteiger partial charge on any atom is -0.358 e. The third-order valence-electron chi connectivity index (χ3n) is 1.66. The van der Waals surface area contributed by atoms with Crippen LogP contribution in [0.5, 0.6) is 0 Å². The molecule has 0 spiro atoms. The summed E-state index contributed by atoms with van der Waals surface area (Å²) < 4.78 is 0. The summed E-state index contributed by atoms with van der Waals surface area (Å²) in [7, 11) is 0. The molecule has 0 saturated heterocycles. The molecule has 0 nitrogen and oxygen atoms in total. The van der Waals surface area contributed by atoms with Crippen LogP contribution in [0.15, 0.2) is 48.5 Å². The Kier molecular flexibility index (Phi) is 10.9. The Morgan fingerprint density at radius 1 is 0.643 bits per heavy atom. The van der Waals surface area contributed by atoms with E-state index in [1.165, 1.54) is 10.8 Å². The molecule has 0 bridgehead atoms. The molecule has 0 atom stereocenters. The van der Waals surface area contributed by atoms with E-state index >= 15 is 0 Å². The normalized spacial score (nSPS) is 7.57. The van der Waals surface area contributed by atoms with E-state index in [0.29, 0.717) is 0 Å². The van der Waals surface area contributed by atoms with Crippen LogP contribution in [0.2, 0.25) is 0 Å². The minimum atomic E-state index is 0. The Morgan fingerprint density at radius 2 is 0.857 bits per heavy atom. The van der Waals surface area contributed by atoms with Gasteiger partial charge in [0.2, 0.25) is 0 Å². The van der Waals surface area contributed by atoms with E-state index in [4.69, 9.17) is 0 Å². The van der Waals surface area contributed by atoms with Gasteiger partial charge in [-0.1, -0.05) is 62.4 Å². The summed E-state index contributed by atoms with van der Waals surface area (Å²) >= 11 is 0. The van der Waals surface area contributed by atoms with E-state index in [0.717, 1.165) is 0 Å². The van der Waals surface area contributed by atoms with Crippen LogP contribution in [0.25, 0.3) is 10.8 Å². The summed E-state index contributed by atoms with van der Waals surface area (Å²) in [6, 6.07) is 16.7. The molecule has 0 aromatic heterocycles. The van der Waals surface area contributed by atoms with Crippen LogP contribution in [-0.4, -0.2) is 0 Å². The number of benzene rings is 2. The molecular formula is C13H17Y-. The second-order valence-electron chi connectivity index (χ2n) is 2.35. The summed E-state index contributed by atoms with van der Waals surface area (Å²) in [5.41, 5.74) is 0. The van der Waals surface area contributed by atoms with E-state index in [2.05, 4.69) is 48.5 Å². The van der Waals surface area contributed by atoms with Crippen LogP contribution < -0.4 is 0 Å². The molecule has 0 unspecified atom stereocenters. The second kappa shape index (κ2) is 9.36. The first kappa shape index (κ1) is 16.2. The van der Waals surface area contributed by atoms with Gasteiger partial charge in [0.25, 0.3) is 0 Å². The van der Waals surface area contributed by atoms with Gasteiger partial charge in [0, 0.05) is 32.7 Å². The van der Waals surface area contributed by atoms with Crippen molar-refractivity contribution in [2.75, 3.05) is 0 Å². The van der Waals surface area contributed by atoms with Gasteiger partial charge in [-0.15, -0.1) is 0 Å². The Labute approximate surface area is 113 Å². The summed E-state index contributed by atoms with van der Waals surface area (Å²) in [5.74, 6) is 0. The van der Waals surface area contributed by atoms with Gasteiger partial charge in [0.15, 0.2) is 0 Å². The first-order valence-electron chi connectivity index (χ1n) is 4.40. The molecule has 1 radical (unpaired) electrons. The van der Waals surface area contributed by atoms with E-state index in [1.54, 1.807) is 0 Å². The van der Waals surface area contributed by atoms with Gasteiger partial charge in [-0.3, -0.25) is 0 Å². The van der Waals surface area contributed by atoms with Crippen molar-refractivity contribution >= 4 is 10.8 Å². The number of rotatable bonds is 0. The van der Waals surface area contributed by atoms with Gasteiger partial charge in [-0.05, 0) is 10.8 Å². The SMILES string of the molecule is CC.[CH3-].[Y].c1ccc2ccccc2c1. The van der Waals surface area contributed by atoms with Crippen molar-refractivity contribution in [1.82, 2.24) is 0 Å². The average molecular weight is 262 g/mol. The molecule has 2 rings (SSSR count). The van der Waals surface area contributed by atoms with E-state index in [9.17, 15) is 0 Å². The first-order chi connectivity index (χ1) is 5.97. The molecule has 73 valence electrons. The molecule has 0 fully saturated rings. The molecule has 0 N–H and O–H groups in total. The largest absolute Gasteiger partial charge is 0.358 e. The monoisotopic (exact) mass is 262 g/mol. The zero-order valence-corrected chi connectivity index (χ0v) is 12.0. The Bertz CT molecular complexity index is 276. The van der Waals surface area contributed by atoms with Crippen molar-refractivity contribution < 1.29 is 32.7 Å². The van der Waals surface area contributed by atoms with Gasteiger partial charge in [0.1, 0.15) is 0 Å². The van der Waals surface area contributed by atoms with E-state index < -0.39 is 0 Å². The van der Waals surface area contributed by atoms with Gasteiger partial charge in [0.05, 0.1) is 0 Å². The smallest absolute Gasteiger partial charge is 0 e. The molecular weight excluding hydrogens is 245 g/mol. The van der Waals surface area contributed by atoms with E-state index in [-0.39, 0.29) is 40.1 Å². The molecule has 0 aliphatic carbocycles. The zero-order chi connectivity index (χ0) is 8.81. The first-order valence-corrected chi connectivity index (χ1v) is 4.40. The van der Waals surface area contributed by atoms with Crippen molar-refractivity contribution in [3.63, 3.8) is 0 Å². The van der Waals surface area contributed by atoms with Crippen molar-refractivity contribution in [2.45, 2.75) is 13.8 Å². The third-order valence-corrected chi connectivity index (χ3v) is 1.66. The van der Waals surface area contributed by atoms with E-state index in [1.807, 2.05) is 13.8 Å². The number of hydrogen-bond donors (Lipinski definition) is 0. The summed E-state index contributed by atoms with van der Waals surface area (Å²) in [6.45, 7) is 4.00. The third kappa shape index (κ3) is 4.35. The van der Waals surface area contributed by atoms with Gasteiger partial charge in [-0.2, -0.15) is 0 Å². The molecule has 2 aromatic carbocycles. The maximum absolute atomic E-state index is 2.12. The standard InChI is InChI=1S/C10H8.C2H6.CH3.Y/c1-2-6-10-8-4-3-7-9(10)5-1;1-2;;/h1-8H;1-2H3;1H3;/q;;-1;. The average Bonchev–Trinajstić information content (AvgIpc) is 2.21. The molecule has 2 aromatic rings. The van der Waals surface area contributed by atoms with Crippen LogP contribution in [0.4, 0.5) is 0 Å². The Hall–Kier alpha value is -0.196. The van der Waals surface area contributed by atoms with Crippen molar-refractivity contribution in [2.24, 2.45) is 0 Å². The predicted octanol–water partition coefficient (Wildman–Crippen LogP) is 4.31. The molecule has 0 saturated carbocycles. The van der Waals surface area contributed by atoms with Crippen molar-refractivity contribution in [3.05, 3.63) is 56.0 Å². The quantitative estimate of drug-likeness (QED) is 0.620. The summed E-state index contributed by atoms with van der Waals surface area (Å²) in [6.07, 6.45) is 0. The molecule has 0 heterocycles. The maximum Gasteiger partial charge on any atom is 0 e. The van der Waals surface area contributed by atoms with Crippen LogP contribution in [0, 0.1) is 7.43 Å². The maximum atomic E-state index is 2.12. The molecule has 14 heavy (non-hydrogen) atoms. The van der Waals surface area contributed by atoms with Gasteiger partial charge in [-0.25, -0.2) is 0 Å². The van der Waals surface area contributed by atoms with Gasteiger partial charge >= 0.3 is 0 Å². The van der Waals surface area contributed by atoms with Crippen LogP contribution in [0.1, 0.15) is 13.8 Å². The summed E-state index contributed by atoms with van der Waals surface area (Å²) in [5, 5.41) is 2.62. The topological polar surface area (TPSA) is 0 Å². The molecule has 1 heteroatoms. The molecule has 0 aliphatic heterocycles. The second-order valence-corrected chi connectivity index (χ2v) is 2.35. The molecule has 0 amide bonds. The van der Waals surface area contributed by atoms with Crippen molar-refractivity contribution in [3.8, 4) is 0 Å². The van der Waals surface area contributed by atoms with Crippen molar-refractivity contribution in [1.29, 1.82) is 0 Å². The molecule has 0 aliphatic rings. The zero-order valence-electron chi connectivity index (χ0n) is 9.20. The fourth-order valence-electron chi connectivity index (χ4n) is 1.13. The Balaban J connectivity index is 0. The fourth-order valence-corrected chi connectivity index (χ4v) is 1.13. The fraction of sp³-hybridized carbons (Fsp3) is 0.154.